The molecule has 3 rings (SSSR count). The first-order valence-corrected chi connectivity index (χ1v) is 8.86. The molecule has 0 saturated carbocycles. The van der Waals surface area contributed by atoms with Crippen LogP contribution in [-0.2, 0) is 10.3 Å². The summed E-state index contributed by atoms with van der Waals surface area (Å²) in [4.78, 5) is 0. The Labute approximate surface area is 140 Å². The first kappa shape index (κ1) is 15.9. The van der Waals surface area contributed by atoms with Crippen molar-refractivity contribution in [2.45, 2.75) is 51.6 Å². The summed E-state index contributed by atoms with van der Waals surface area (Å²) >= 11 is 0. The Balaban J connectivity index is 2.13. The van der Waals surface area contributed by atoms with E-state index in [2.05, 4.69) is 74.5 Å². The van der Waals surface area contributed by atoms with Crippen molar-refractivity contribution in [2.75, 3.05) is 0 Å². The number of rotatable bonds is 6. The third-order valence-corrected chi connectivity index (χ3v) is 4.65. The van der Waals surface area contributed by atoms with Crippen LogP contribution in [0.5, 0.6) is 0 Å². The quantitative estimate of drug-likeness (QED) is 0.609. The minimum absolute atomic E-state index is 0.326. The zero-order valence-electron chi connectivity index (χ0n) is 14.2. The van der Waals surface area contributed by atoms with Crippen molar-refractivity contribution in [2.24, 2.45) is 0 Å². The standard InChI is InChI=1S/C22H26O/c1-3-5-16-21-19-14-10-11-15-20(19)22(23-21,17-6-4-2)18-12-8-7-9-13-18/h7-16H,3-6,17H2,1-2H3/b21-16-. The molecule has 1 atom stereocenters. The molecule has 1 unspecified atom stereocenters. The zero-order chi connectivity index (χ0) is 16.1. The van der Waals surface area contributed by atoms with Gasteiger partial charge in [0.2, 0.25) is 0 Å². The molecule has 2 aromatic rings. The molecule has 23 heavy (non-hydrogen) atoms. The minimum Gasteiger partial charge on any atom is -0.477 e. The highest BCUT2D eigenvalue weighted by Crippen LogP contribution is 2.50. The highest BCUT2D eigenvalue weighted by molar-refractivity contribution is 5.70. The van der Waals surface area contributed by atoms with Gasteiger partial charge in [-0.1, -0.05) is 81.3 Å². The Morgan fingerprint density at radius 2 is 1.65 bits per heavy atom. The highest BCUT2D eigenvalue weighted by atomic mass is 16.5. The van der Waals surface area contributed by atoms with Crippen molar-refractivity contribution < 1.29 is 4.74 Å². The summed E-state index contributed by atoms with van der Waals surface area (Å²) in [6.45, 7) is 4.45. The third kappa shape index (κ3) is 2.93. The van der Waals surface area contributed by atoms with Crippen LogP contribution in [0, 0.1) is 0 Å². The summed E-state index contributed by atoms with van der Waals surface area (Å²) in [5, 5.41) is 0. The molecule has 0 saturated heterocycles. The maximum absolute atomic E-state index is 6.67. The van der Waals surface area contributed by atoms with E-state index in [0.29, 0.717) is 0 Å². The second-order valence-corrected chi connectivity index (χ2v) is 6.30. The van der Waals surface area contributed by atoms with Crippen molar-refractivity contribution in [3.63, 3.8) is 0 Å². The summed E-state index contributed by atoms with van der Waals surface area (Å²) in [6.07, 6.45) is 7.81. The van der Waals surface area contributed by atoms with Crippen LogP contribution in [-0.4, -0.2) is 0 Å². The molecule has 2 aromatic carbocycles. The SMILES string of the molecule is CCC/C=C1\OC(CCCC)(c2ccccc2)c2ccccc21. The monoisotopic (exact) mass is 306 g/mol. The number of ether oxygens (including phenoxy) is 1. The molecule has 0 N–H and O–H groups in total. The van der Waals surface area contributed by atoms with Gasteiger partial charge in [-0.3, -0.25) is 0 Å². The first-order valence-electron chi connectivity index (χ1n) is 8.86. The van der Waals surface area contributed by atoms with E-state index in [-0.39, 0.29) is 5.60 Å². The molecule has 1 heterocycles. The second kappa shape index (κ2) is 7.04. The van der Waals surface area contributed by atoms with Gasteiger partial charge < -0.3 is 4.74 Å². The summed E-state index contributed by atoms with van der Waals surface area (Å²) < 4.78 is 6.67. The molecular weight excluding hydrogens is 280 g/mol. The topological polar surface area (TPSA) is 9.23 Å². The van der Waals surface area contributed by atoms with Crippen LogP contribution < -0.4 is 0 Å². The molecule has 1 nitrogen and oxygen atoms in total. The summed E-state index contributed by atoms with van der Waals surface area (Å²) in [7, 11) is 0. The van der Waals surface area contributed by atoms with Crippen LogP contribution in [0.1, 0.15) is 62.6 Å². The average Bonchev–Trinajstić information content (AvgIpc) is 2.94. The van der Waals surface area contributed by atoms with Crippen molar-refractivity contribution in [1.29, 1.82) is 0 Å². The smallest absolute Gasteiger partial charge is 0.160 e. The lowest BCUT2D eigenvalue weighted by atomic mass is 9.81. The van der Waals surface area contributed by atoms with Crippen LogP contribution in [0.15, 0.2) is 60.7 Å². The largest absolute Gasteiger partial charge is 0.477 e. The molecule has 0 spiro atoms. The maximum atomic E-state index is 6.67. The molecule has 0 bridgehead atoms. The molecule has 0 radical (unpaired) electrons. The predicted molar refractivity (Wildman–Crippen MR) is 97.2 cm³/mol. The fraction of sp³-hybridized carbons (Fsp3) is 0.364. The van der Waals surface area contributed by atoms with Crippen LogP contribution in [0.25, 0.3) is 5.76 Å². The van der Waals surface area contributed by atoms with E-state index < -0.39 is 0 Å². The van der Waals surface area contributed by atoms with Gasteiger partial charge in [-0.25, -0.2) is 0 Å². The summed E-state index contributed by atoms with van der Waals surface area (Å²) in [6, 6.07) is 19.4. The number of hydrogen-bond acceptors (Lipinski definition) is 1. The summed E-state index contributed by atoms with van der Waals surface area (Å²) in [5.41, 5.74) is 3.52. The molecule has 1 heteroatoms. The normalized spacial score (nSPS) is 21.2. The van der Waals surface area contributed by atoms with Gasteiger partial charge in [-0.15, -0.1) is 0 Å². The van der Waals surface area contributed by atoms with E-state index >= 15 is 0 Å². The van der Waals surface area contributed by atoms with Gasteiger partial charge in [0, 0.05) is 11.1 Å². The van der Waals surface area contributed by atoms with Gasteiger partial charge in [0.25, 0.3) is 0 Å². The Bertz CT molecular complexity index is 671. The highest BCUT2D eigenvalue weighted by Gasteiger charge is 2.43. The van der Waals surface area contributed by atoms with Gasteiger partial charge >= 0.3 is 0 Å². The van der Waals surface area contributed by atoms with E-state index in [4.69, 9.17) is 4.74 Å². The van der Waals surface area contributed by atoms with E-state index in [1.54, 1.807) is 0 Å². The lowest BCUT2D eigenvalue weighted by molar-refractivity contribution is 0.0823. The number of allylic oxidation sites excluding steroid dienone is 1. The minimum atomic E-state index is -0.326. The van der Waals surface area contributed by atoms with Gasteiger partial charge in [0.15, 0.2) is 5.60 Å². The number of hydrogen-bond donors (Lipinski definition) is 0. The first-order chi connectivity index (χ1) is 11.3. The van der Waals surface area contributed by atoms with Crippen molar-refractivity contribution in [3.8, 4) is 0 Å². The van der Waals surface area contributed by atoms with E-state index in [0.717, 1.165) is 31.4 Å². The van der Waals surface area contributed by atoms with Crippen LogP contribution in [0.2, 0.25) is 0 Å². The molecule has 0 amide bonds. The molecule has 1 aliphatic rings. The van der Waals surface area contributed by atoms with Gasteiger partial charge in [0.1, 0.15) is 5.76 Å². The van der Waals surface area contributed by atoms with Crippen LogP contribution in [0.4, 0.5) is 0 Å². The zero-order valence-corrected chi connectivity index (χ0v) is 14.2. The Kier molecular flexibility index (Phi) is 4.85. The second-order valence-electron chi connectivity index (χ2n) is 6.30. The number of fused-ring (bicyclic) bond motifs is 1. The van der Waals surface area contributed by atoms with Gasteiger partial charge in [-0.05, 0) is 30.9 Å². The lowest BCUT2D eigenvalue weighted by Gasteiger charge is -2.30. The lowest BCUT2D eigenvalue weighted by Crippen LogP contribution is -2.26. The molecular formula is C22H26O. The number of benzene rings is 2. The van der Waals surface area contributed by atoms with Crippen molar-refractivity contribution in [3.05, 3.63) is 77.4 Å². The summed E-state index contributed by atoms with van der Waals surface area (Å²) in [5.74, 6) is 1.06. The molecule has 0 aromatic heterocycles. The molecule has 1 aliphatic heterocycles. The molecule has 0 aliphatic carbocycles. The average molecular weight is 306 g/mol. The van der Waals surface area contributed by atoms with Crippen molar-refractivity contribution in [1.82, 2.24) is 0 Å². The van der Waals surface area contributed by atoms with Crippen LogP contribution in [0.3, 0.4) is 0 Å². The predicted octanol–water partition coefficient (Wildman–Crippen LogP) is 6.29. The van der Waals surface area contributed by atoms with E-state index in [1.165, 1.54) is 23.1 Å². The van der Waals surface area contributed by atoms with Crippen LogP contribution >= 0.6 is 0 Å². The molecule has 120 valence electrons. The van der Waals surface area contributed by atoms with E-state index in [9.17, 15) is 0 Å². The number of unbranched alkanes of at least 4 members (excludes halogenated alkanes) is 2. The maximum Gasteiger partial charge on any atom is 0.160 e. The van der Waals surface area contributed by atoms with E-state index in [1.807, 2.05) is 0 Å². The third-order valence-electron chi connectivity index (χ3n) is 4.65. The Morgan fingerprint density at radius 3 is 2.39 bits per heavy atom. The van der Waals surface area contributed by atoms with Gasteiger partial charge in [-0.2, -0.15) is 0 Å². The Hall–Kier alpha value is -2.02. The van der Waals surface area contributed by atoms with Crippen molar-refractivity contribution >= 4 is 5.76 Å². The fourth-order valence-corrected chi connectivity index (χ4v) is 3.45. The van der Waals surface area contributed by atoms with Gasteiger partial charge in [0.05, 0.1) is 0 Å². The fourth-order valence-electron chi connectivity index (χ4n) is 3.45. The Morgan fingerprint density at radius 1 is 0.913 bits per heavy atom. The molecule has 0 fully saturated rings.